The van der Waals surface area contributed by atoms with Crippen LogP contribution in [0.25, 0.3) is 0 Å². The Labute approximate surface area is 120 Å². The molecule has 4 nitrogen and oxygen atoms in total. The van der Waals surface area contributed by atoms with E-state index >= 15 is 0 Å². The second-order valence-corrected chi connectivity index (χ2v) is 9.08. The minimum atomic E-state index is -3.39. The van der Waals surface area contributed by atoms with Gasteiger partial charge in [-0.25, -0.2) is 8.42 Å². The lowest BCUT2D eigenvalue weighted by Gasteiger charge is -2.19. The predicted molar refractivity (Wildman–Crippen MR) is 75.5 cm³/mol. The maximum Gasteiger partial charge on any atom is 0.252 e. The van der Waals surface area contributed by atoms with E-state index < -0.39 is 10.0 Å². The number of rotatable bonds is 4. The van der Waals surface area contributed by atoms with Crippen molar-refractivity contribution < 1.29 is 13.2 Å². The first-order valence-corrected chi connectivity index (χ1v) is 8.80. The van der Waals surface area contributed by atoms with Crippen molar-refractivity contribution in [2.75, 3.05) is 20.2 Å². The molecule has 7 heteroatoms. The van der Waals surface area contributed by atoms with E-state index in [0.717, 1.165) is 28.8 Å². The second kappa shape index (κ2) is 5.58. The highest BCUT2D eigenvalue weighted by Crippen LogP contribution is 2.32. The highest BCUT2D eigenvalue weighted by Gasteiger charge is 2.27. The summed E-state index contributed by atoms with van der Waals surface area (Å²) in [5.74, 6) is 0. The van der Waals surface area contributed by atoms with Crippen LogP contribution in [0.15, 0.2) is 14.1 Å². The molecule has 1 atom stereocenters. The third kappa shape index (κ3) is 2.96. The molecule has 1 aliphatic rings. The Balaban J connectivity index is 2.14. The summed E-state index contributed by atoms with van der Waals surface area (Å²) in [4.78, 5) is 0. The summed E-state index contributed by atoms with van der Waals surface area (Å²) in [5, 5.41) is 0. The van der Waals surface area contributed by atoms with Crippen LogP contribution in [-0.2, 0) is 14.8 Å². The topological polar surface area (TPSA) is 46.6 Å². The van der Waals surface area contributed by atoms with Crippen LogP contribution in [0.5, 0.6) is 0 Å². The van der Waals surface area contributed by atoms with Gasteiger partial charge in [-0.1, -0.05) is 0 Å². The normalized spacial score (nSPS) is 20.8. The van der Waals surface area contributed by atoms with Gasteiger partial charge in [-0.15, -0.1) is 11.3 Å². The van der Waals surface area contributed by atoms with Crippen LogP contribution in [0.3, 0.4) is 0 Å². The lowest BCUT2D eigenvalue weighted by atomic mass is 10.2. The van der Waals surface area contributed by atoms with E-state index in [2.05, 4.69) is 15.9 Å². The smallest absolute Gasteiger partial charge is 0.252 e. The Hall–Kier alpha value is 0.0500. The predicted octanol–water partition coefficient (Wildman–Crippen LogP) is 2.62. The van der Waals surface area contributed by atoms with Crippen molar-refractivity contribution in [3.63, 3.8) is 0 Å². The lowest BCUT2D eigenvalue weighted by molar-refractivity contribution is 0.0979. The van der Waals surface area contributed by atoms with Gasteiger partial charge in [0.25, 0.3) is 10.0 Å². The first-order chi connectivity index (χ1) is 8.41. The summed E-state index contributed by atoms with van der Waals surface area (Å²) < 4.78 is 32.8. The molecule has 0 amide bonds. The van der Waals surface area contributed by atoms with Gasteiger partial charge >= 0.3 is 0 Å². The van der Waals surface area contributed by atoms with Crippen LogP contribution < -0.4 is 0 Å². The second-order valence-electron chi connectivity index (χ2n) is 4.44. The van der Waals surface area contributed by atoms with Gasteiger partial charge in [-0.3, -0.25) is 0 Å². The average Bonchev–Trinajstić information content (AvgIpc) is 2.90. The van der Waals surface area contributed by atoms with Gasteiger partial charge in [-0.05, 0) is 47.3 Å². The van der Waals surface area contributed by atoms with Gasteiger partial charge in [0.1, 0.15) is 4.21 Å². The summed E-state index contributed by atoms with van der Waals surface area (Å²) >= 11 is 4.61. The molecule has 2 rings (SSSR count). The molecule has 0 spiro atoms. The van der Waals surface area contributed by atoms with E-state index in [1.54, 1.807) is 13.1 Å². The number of halogens is 1. The third-order valence-corrected chi connectivity index (χ3v) is 7.39. The molecular formula is C11H16BrNO3S2. The Morgan fingerprint density at radius 2 is 2.33 bits per heavy atom. The maximum atomic E-state index is 12.3. The van der Waals surface area contributed by atoms with Crippen molar-refractivity contribution in [3.8, 4) is 0 Å². The van der Waals surface area contributed by atoms with Gasteiger partial charge in [0.2, 0.25) is 0 Å². The summed E-state index contributed by atoms with van der Waals surface area (Å²) in [6, 6.07) is 1.70. The molecule has 0 aromatic carbocycles. The highest BCUT2D eigenvalue weighted by atomic mass is 79.9. The molecule has 1 aromatic rings. The SMILES string of the molecule is Cc1cc(S(=O)(=O)N(C)CC2CCCO2)sc1Br. The van der Waals surface area contributed by atoms with E-state index in [1.807, 2.05) is 6.92 Å². The molecule has 1 saturated heterocycles. The molecular weight excluding hydrogens is 338 g/mol. The number of hydrogen-bond acceptors (Lipinski definition) is 4. The van der Waals surface area contributed by atoms with E-state index in [1.165, 1.54) is 15.6 Å². The summed E-state index contributed by atoms with van der Waals surface area (Å²) in [6.45, 7) is 3.05. The quantitative estimate of drug-likeness (QED) is 0.835. The zero-order chi connectivity index (χ0) is 13.3. The minimum absolute atomic E-state index is 0.0364. The van der Waals surface area contributed by atoms with E-state index in [0.29, 0.717) is 10.8 Å². The number of hydrogen-bond donors (Lipinski definition) is 0. The van der Waals surface area contributed by atoms with Crippen LogP contribution in [0.1, 0.15) is 18.4 Å². The number of ether oxygens (including phenoxy) is 1. The van der Waals surface area contributed by atoms with E-state index in [-0.39, 0.29) is 6.10 Å². The van der Waals surface area contributed by atoms with E-state index in [4.69, 9.17) is 4.74 Å². The molecule has 2 heterocycles. The Kier molecular flexibility index (Phi) is 4.48. The molecule has 102 valence electrons. The molecule has 0 radical (unpaired) electrons. The van der Waals surface area contributed by atoms with Gasteiger partial charge in [0, 0.05) is 20.2 Å². The number of likely N-dealkylation sites (N-methyl/N-ethyl adjacent to an activating group) is 1. The average molecular weight is 354 g/mol. The number of nitrogens with zero attached hydrogens (tertiary/aromatic N) is 1. The molecule has 18 heavy (non-hydrogen) atoms. The lowest BCUT2D eigenvalue weighted by Crippen LogP contribution is -2.33. The largest absolute Gasteiger partial charge is 0.377 e. The van der Waals surface area contributed by atoms with Crippen LogP contribution in [0, 0.1) is 6.92 Å². The summed E-state index contributed by atoms with van der Waals surface area (Å²) in [5.41, 5.74) is 0.948. The van der Waals surface area contributed by atoms with Gasteiger partial charge < -0.3 is 4.74 Å². The van der Waals surface area contributed by atoms with Crippen molar-refractivity contribution >= 4 is 37.3 Å². The zero-order valence-corrected chi connectivity index (χ0v) is 13.6. The van der Waals surface area contributed by atoms with Crippen molar-refractivity contribution in [3.05, 3.63) is 15.4 Å². The van der Waals surface area contributed by atoms with Crippen LogP contribution >= 0.6 is 27.3 Å². The zero-order valence-electron chi connectivity index (χ0n) is 10.3. The monoisotopic (exact) mass is 353 g/mol. The fraction of sp³-hybridized carbons (Fsp3) is 0.636. The Bertz CT molecular complexity index is 501. The first-order valence-electron chi connectivity index (χ1n) is 5.75. The van der Waals surface area contributed by atoms with Crippen molar-refractivity contribution in [2.24, 2.45) is 0 Å². The molecule has 1 aromatic heterocycles. The van der Waals surface area contributed by atoms with Gasteiger partial charge in [0.05, 0.1) is 9.89 Å². The number of thiophene rings is 1. The molecule has 0 saturated carbocycles. The Morgan fingerprint density at radius 3 is 2.83 bits per heavy atom. The standard InChI is InChI=1S/C11H16BrNO3S2/c1-8-6-10(17-11(8)12)18(14,15)13(2)7-9-4-3-5-16-9/h6,9H,3-5,7H2,1-2H3. The van der Waals surface area contributed by atoms with Crippen LogP contribution in [0.4, 0.5) is 0 Å². The molecule has 1 aliphatic heterocycles. The van der Waals surface area contributed by atoms with Crippen LogP contribution in [0.2, 0.25) is 0 Å². The highest BCUT2D eigenvalue weighted by molar-refractivity contribution is 9.11. The third-order valence-electron chi connectivity index (χ3n) is 2.98. The molecule has 1 fully saturated rings. The molecule has 0 N–H and O–H groups in total. The maximum absolute atomic E-state index is 12.3. The minimum Gasteiger partial charge on any atom is -0.377 e. The Morgan fingerprint density at radius 1 is 1.61 bits per heavy atom. The van der Waals surface area contributed by atoms with Crippen molar-refractivity contribution in [1.29, 1.82) is 0 Å². The van der Waals surface area contributed by atoms with Gasteiger partial charge in [-0.2, -0.15) is 4.31 Å². The number of aryl methyl sites for hydroxylation is 1. The van der Waals surface area contributed by atoms with Gasteiger partial charge in [0.15, 0.2) is 0 Å². The summed E-state index contributed by atoms with van der Waals surface area (Å²) in [6.07, 6.45) is 1.99. The number of sulfonamides is 1. The molecule has 0 aliphatic carbocycles. The van der Waals surface area contributed by atoms with Crippen LogP contribution in [-0.4, -0.2) is 39.0 Å². The van der Waals surface area contributed by atoms with E-state index in [9.17, 15) is 8.42 Å². The first kappa shape index (κ1) is 14.5. The van der Waals surface area contributed by atoms with Crippen molar-refractivity contribution in [2.45, 2.75) is 30.1 Å². The fourth-order valence-electron chi connectivity index (χ4n) is 1.89. The van der Waals surface area contributed by atoms with Crippen molar-refractivity contribution in [1.82, 2.24) is 4.31 Å². The molecule has 0 bridgehead atoms. The summed E-state index contributed by atoms with van der Waals surface area (Å²) in [7, 11) is -1.78. The fourth-order valence-corrected chi connectivity index (χ4v) is 5.53. The molecule has 1 unspecified atom stereocenters.